The number of para-hydroxylation sites is 1. The zero-order valence-electron chi connectivity index (χ0n) is 17.7. The van der Waals surface area contributed by atoms with E-state index in [1.807, 2.05) is 0 Å². The van der Waals surface area contributed by atoms with Gasteiger partial charge in [0.25, 0.3) is 0 Å². The van der Waals surface area contributed by atoms with E-state index in [9.17, 15) is 22.8 Å². The molecule has 170 valence electrons. The molecule has 0 fully saturated rings. The summed E-state index contributed by atoms with van der Waals surface area (Å²) < 4.78 is 39.5. The van der Waals surface area contributed by atoms with Crippen molar-refractivity contribution in [1.29, 1.82) is 0 Å². The predicted octanol–water partition coefficient (Wildman–Crippen LogP) is 1.53. The largest absolute Gasteiger partial charge is 0.454 e. The summed E-state index contributed by atoms with van der Waals surface area (Å²) >= 11 is 0. The summed E-state index contributed by atoms with van der Waals surface area (Å²) in [6.45, 7) is 1.86. The van der Waals surface area contributed by atoms with E-state index in [4.69, 9.17) is 9.47 Å². The van der Waals surface area contributed by atoms with Gasteiger partial charge in [0.05, 0.1) is 28.9 Å². The maximum Gasteiger partial charge on any atom is 0.331 e. The number of hydrogen-bond donors (Lipinski definition) is 0. The first-order chi connectivity index (χ1) is 15.7. The highest BCUT2D eigenvalue weighted by Gasteiger charge is 2.51. The Morgan fingerprint density at radius 1 is 1.06 bits per heavy atom. The number of carbonyl (C=O) groups is 3. The molecule has 0 saturated heterocycles. The SMILES string of the molecule is Cc1nccn1CC1C(=O)c2c(n(S(C)(=O)=O)c3ccccc23)C2OC(=O)/C=C\C(=O)OC12. The first-order valence-corrected chi connectivity index (χ1v) is 12.0. The second-order valence-electron chi connectivity index (χ2n) is 7.99. The summed E-state index contributed by atoms with van der Waals surface area (Å²) in [5, 5.41) is 0.411. The molecule has 0 N–H and O–H groups in total. The second-order valence-corrected chi connectivity index (χ2v) is 9.83. The third-order valence-corrected chi connectivity index (χ3v) is 6.97. The Morgan fingerprint density at radius 2 is 1.76 bits per heavy atom. The van der Waals surface area contributed by atoms with Crippen LogP contribution in [0.2, 0.25) is 0 Å². The molecule has 0 spiro atoms. The highest BCUT2D eigenvalue weighted by atomic mass is 32.2. The van der Waals surface area contributed by atoms with Crippen LogP contribution >= 0.6 is 0 Å². The Kier molecular flexibility index (Phi) is 4.74. The molecule has 0 bridgehead atoms. The number of imidazole rings is 1. The molecule has 0 amide bonds. The van der Waals surface area contributed by atoms with Gasteiger partial charge in [0.2, 0.25) is 10.0 Å². The Morgan fingerprint density at radius 3 is 2.42 bits per heavy atom. The molecule has 2 aromatic heterocycles. The number of carbonyl (C=O) groups excluding carboxylic acids is 3. The van der Waals surface area contributed by atoms with Crippen LogP contribution in [0.3, 0.4) is 0 Å². The Hall–Kier alpha value is -3.73. The zero-order chi connectivity index (χ0) is 23.5. The number of aryl methyl sites for hydroxylation is 1. The Balaban J connectivity index is 1.81. The van der Waals surface area contributed by atoms with Gasteiger partial charge in [-0.2, -0.15) is 0 Å². The summed E-state index contributed by atoms with van der Waals surface area (Å²) in [5.41, 5.74) is 0.383. The van der Waals surface area contributed by atoms with Crippen LogP contribution in [0.1, 0.15) is 28.0 Å². The Bertz CT molecular complexity index is 1460. The lowest BCUT2D eigenvalue weighted by Gasteiger charge is -2.37. The first-order valence-electron chi connectivity index (χ1n) is 10.1. The minimum atomic E-state index is -3.93. The Labute approximate surface area is 188 Å². The molecule has 0 radical (unpaired) electrons. The van der Waals surface area contributed by atoms with Gasteiger partial charge in [-0.3, -0.25) is 4.79 Å². The molecule has 2 aliphatic rings. The number of ketones is 1. The maximum absolute atomic E-state index is 13.9. The fourth-order valence-electron chi connectivity index (χ4n) is 4.54. The summed E-state index contributed by atoms with van der Waals surface area (Å²) in [6.07, 6.45) is 3.54. The normalized spacial score (nSPS) is 23.8. The van der Waals surface area contributed by atoms with Gasteiger partial charge in [0, 0.05) is 36.5 Å². The molecule has 3 aromatic rings. The molecular weight excluding hydrogens is 450 g/mol. The highest BCUT2D eigenvalue weighted by molar-refractivity contribution is 7.89. The average molecular weight is 469 g/mol. The lowest BCUT2D eigenvalue weighted by molar-refractivity contribution is -0.169. The minimum Gasteiger partial charge on any atom is -0.454 e. The maximum atomic E-state index is 13.9. The van der Waals surface area contributed by atoms with Crippen molar-refractivity contribution < 1.29 is 32.3 Å². The fourth-order valence-corrected chi connectivity index (χ4v) is 5.61. The van der Waals surface area contributed by atoms with Crippen LogP contribution in [-0.2, 0) is 35.6 Å². The van der Waals surface area contributed by atoms with Gasteiger partial charge in [0.1, 0.15) is 5.82 Å². The summed E-state index contributed by atoms with van der Waals surface area (Å²) in [6, 6.07) is 6.56. The smallest absolute Gasteiger partial charge is 0.331 e. The van der Waals surface area contributed by atoms with E-state index in [-0.39, 0.29) is 23.3 Å². The molecule has 0 saturated carbocycles. The van der Waals surface area contributed by atoms with Crippen molar-refractivity contribution >= 4 is 38.6 Å². The minimum absolute atomic E-state index is 0.0243. The van der Waals surface area contributed by atoms with Crippen LogP contribution in [-0.4, -0.2) is 52.0 Å². The fraction of sp³-hybridized carbons (Fsp3) is 0.273. The van der Waals surface area contributed by atoms with Crippen molar-refractivity contribution in [1.82, 2.24) is 13.5 Å². The van der Waals surface area contributed by atoms with E-state index in [1.54, 1.807) is 48.1 Å². The van der Waals surface area contributed by atoms with Crippen LogP contribution in [0, 0.1) is 12.8 Å². The van der Waals surface area contributed by atoms with Crippen LogP contribution < -0.4 is 0 Å². The molecule has 1 aromatic carbocycles. The molecule has 3 unspecified atom stereocenters. The number of hydrogen-bond acceptors (Lipinski definition) is 8. The molecule has 1 aliphatic heterocycles. The number of nitrogens with zero attached hydrogens (tertiary/aromatic N) is 3. The van der Waals surface area contributed by atoms with Crippen LogP contribution in [0.25, 0.3) is 10.9 Å². The van der Waals surface area contributed by atoms with Gasteiger partial charge in [-0.25, -0.2) is 27.0 Å². The first kappa shape index (κ1) is 21.1. The van der Waals surface area contributed by atoms with Crippen molar-refractivity contribution in [2.45, 2.75) is 25.7 Å². The molecule has 1 aliphatic carbocycles. The standard InChI is InChI=1S/C22H19N3O7S/c1-12-23-9-10-24(12)11-14-20(28)18-13-5-3-4-6-15(13)25(33(2,29)30)19(18)22-21(14)31-16(26)7-8-17(27)32-22/h3-10,14,21-22H,11H2,1-2H3/b8-7-. The van der Waals surface area contributed by atoms with Crippen LogP contribution in [0.15, 0.2) is 48.8 Å². The topological polar surface area (TPSA) is 127 Å². The lowest BCUT2D eigenvalue weighted by atomic mass is 9.80. The second kappa shape index (κ2) is 7.41. The number of ether oxygens (including phenoxy) is 2. The van der Waals surface area contributed by atoms with Gasteiger partial charge < -0.3 is 14.0 Å². The highest BCUT2D eigenvalue weighted by Crippen LogP contribution is 2.44. The van der Waals surface area contributed by atoms with E-state index in [0.29, 0.717) is 11.2 Å². The molecular formula is C22H19N3O7S. The molecule has 3 atom stereocenters. The van der Waals surface area contributed by atoms with Gasteiger partial charge in [0.15, 0.2) is 18.0 Å². The van der Waals surface area contributed by atoms with Crippen LogP contribution in [0.4, 0.5) is 0 Å². The van der Waals surface area contributed by atoms with E-state index < -0.39 is 45.9 Å². The molecule has 3 heterocycles. The third-order valence-electron chi connectivity index (χ3n) is 5.91. The van der Waals surface area contributed by atoms with Gasteiger partial charge in [-0.05, 0) is 13.0 Å². The summed E-state index contributed by atoms with van der Waals surface area (Å²) in [4.78, 5) is 42.8. The van der Waals surface area contributed by atoms with Crippen molar-refractivity contribution in [2.24, 2.45) is 5.92 Å². The monoisotopic (exact) mass is 469 g/mol. The van der Waals surface area contributed by atoms with Crippen LogP contribution in [0.5, 0.6) is 0 Å². The quantitative estimate of drug-likeness (QED) is 0.529. The van der Waals surface area contributed by atoms with Gasteiger partial charge in [-0.1, -0.05) is 18.2 Å². The van der Waals surface area contributed by atoms with Crippen molar-refractivity contribution in [3.8, 4) is 0 Å². The van der Waals surface area contributed by atoms with Crippen molar-refractivity contribution in [3.05, 3.63) is 65.9 Å². The molecule has 5 rings (SSSR count). The molecule has 10 nitrogen and oxygen atoms in total. The number of Topliss-reactive ketones (excluding diaryl/α,β-unsaturated/α-hetero) is 1. The third kappa shape index (κ3) is 3.35. The number of benzene rings is 1. The van der Waals surface area contributed by atoms with E-state index in [0.717, 1.165) is 22.4 Å². The van der Waals surface area contributed by atoms with Crippen molar-refractivity contribution in [2.75, 3.05) is 6.26 Å². The van der Waals surface area contributed by atoms with E-state index >= 15 is 0 Å². The predicted molar refractivity (Wildman–Crippen MR) is 115 cm³/mol. The van der Waals surface area contributed by atoms with Crippen molar-refractivity contribution in [3.63, 3.8) is 0 Å². The van der Waals surface area contributed by atoms with E-state index in [1.165, 1.54) is 0 Å². The average Bonchev–Trinajstić information content (AvgIpc) is 3.31. The zero-order valence-corrected chi connectivity index (χ0v) is 18.5. The van der Waals surface area contributed by atoms with Gasteiger partial charge >= 0.3 is 11.9 Å². The van der Waals surface area contributed by atoms with E-state index in [2.05, 4.69) is 4.98 Å². The number of aromatic nitrogens is 3. The number of fused-ring (bicyclic) bond motifs is 5. The summed E-state index contributed by atoms with van der Waals surface area (Å²) in [7, 11) is -3.93. The lowest BCUT2D eigenvalue weighted by Crippen LogP contribution is -2.46. The molecule has 33 heavy (non-hydrogen) atoms. The van der Waals surface area contributed by atoms with Gasteiger partial charge in [-0.15, -0.1) is 0 Å². The summed E-state index contributed by atoms with van der Waals surface area (Å²) in [5.74, 6) is -2.39. The number of esters is 2. The molecule has 11 heteroatoms. The number of rotatable bonds is 3.